The summed E-state index contributed by atoms with van der Waals surface area (Å²) in [5, 5.41) is 11.2. The molecule has 2 heterocycles. The van der Waals surface area contributed by atoms with Crippen LogP contribution in [0.15, 0.2) is 29.4 Å². The summed E-state index contributed by atoms with van der Waals surface area (Å²) >= 11 is 0. The molecule has 2 rings (SSSR count). The number of aliphatic imine (C=N–C) groups is 1. The largest absolute Gasteiger partial charge is 0.477 e. The number of pyridine rings is 1. The molecule has 0 aliphatic carbocycles. The van der Waals surface area contributed by atoms with Crippen LogP contribution in [0.3, 0.4) is 0 Å². The Morgan fingerprint density at radius 2 is 2.07 bits per heavy atom. The number of hydrogen-bond acceptors (Lipinski definition) is 4. The van der Waals surface area contributed by atoms with Crippen molar-refractivity contribution in [2.45, 2.75) is 60.0 Å². The Balaban J connectivity index is 1.87. The first kappa shape index (κ1) is 21.7. The fourth-order valence-electron chi connectivity index (χ4n) is 2.83. The van der Waals surface area contributed by atoms with Crippen molar-refractivity contribution in [2.24, 2.45) is 4.99 Å². The van der Waals surface area contributed by atoms with Crippen molar-refractivity contribution in [2.75, 3.05) is 19.7 Å². The summed E-state index contributed by atoms with van der Waals surface area (Å²) in [7, 11) is 0. The maximum atomic E-state index is 5.80. The Morgan fingerprint density at radius 1 is 1.21 bits per heavy atom. The summed E-state index contributed by atoms with van der Waals surface area (Å²) in [4.78, 5) is 9.04. The standard InChI is InChI=1S/C21H34N6O/c1-5-7-14-28-20-19(10-8-11-23-20)16-25-21(22-6-2)24-12-9-13-27-18(4)15-17(3)26-27/h8,10-11,15H,5-7,9,12-14,16H2,1-4H3,(H2,22,24,25). The zero-order valence-corrected chi connectivity index (χ0v) is 17.7. The fraction of sp³-hybridized carbons (Fsp3) is 0.571. The molecule has 0 saturated heterocycles. The van der Waals surface area contributed by atoms with Crippen molar-refractivity contribution in [1.82, 2.24) is 25.4 Å². The van der Waals surface area contributed by atoms with E-state index in [-0.39, 0.29) is 0 Å². The van der Waals surface area contributed by atoms with Crippen LogP contribution in [0.5, 0.6) is 5.88 Å². The average Bonchev–Trinajstić information content (AvgIpc) is 3.01. The number of ether oxygens (including phenoxy) is 1. The first-order chi connectivity index (χ1) is 13.6. The van der Waals surface area contributed by atoms with Gasteiger partial charge in [0.05, 0.1) is 18.8 Å². The van der Waals surface area contributed by atoms with Crippen LogP contribution in [0.2, 0.25) is 0 Å². The van der Waals surface area contributed by atoms with Gasteiger partial charge in [-0.2, -0.15) is 5.10 Å². The Hall–Kier alpha value is -2.57. The lowest BCUT2D eigenvalue weighted by Crippen LogP contribution is -2.38. The molecule has 0 radical (unpaired) electrons. The predicted molar refractivity (Wildman–Crippen MR) is 114 cm³/mol. The van der Waals surface area contributed by atoms with Gasteiger partial charge in [-0.05, 0) is 45.7 Å². The highest BCUT2D eigenvalue weighted by Gasteiger charge is 2.05. The molecule has 154 valence electrons. The third-order valence-corrected chi connectivity index (χ3v) is 4.28. The van der Waals surface area contributed by atoms with Crippen LogP contribution >= 0.6 is 0 Å². The molecule has 0 aliphatic rings. The van der Waals surface area contributed by atoms with E-state index in [0.29, 0.717) is 19.0 Å². The van der Waals surface area contributed by atoms with Gasteiger partial charge in [0.25, 0.3) is 0 Å². The Bertz CT molecular complexity index is 740. The smallest absolute Gasteiger partial charge is 0.218 e. The summed E-state index contributed by atoms with van der Waals surface area (Å²) in [6, 6.07) is 6.05. The molecule has 0 unspecified atom stereocenters. The minimum Gasteiger partial charge on any atom is -0.477 e. The molecule has 2 aromatic rings. The third-order valence-electron chi connectivity index (χ3n) is 4.28. The molecule has 2 aromatic heterocycles. The second kappa shape index (κ2) is 12.0. The summed E-state index contributed by atoms with van der Waals surface area (Å²) < 4.78 is 7.85. The van der Waals surface area contributed by atoms with Crippen LogP contribution in [0, 0.1) is 13.8 Å². The van der Waals surface area contributed by atoms with Gasteiger partial charge < -0.3 is 15.4 Å². The second-order valence-electron chi connectivity index (χ2n) is 6.80. The highest BCUT2D eigenvalue weighted by molar-refractivity contribution is 5.79. The predicted octanol–water partition coefficient (Wildman–Crippen LogP) is 3.22. The van der Waals surface area contributed by atoms with Crippen molar-refractivity contribution >= 4 is 5.96 Å². The average molecular weight is 387 g/mol. The number of nitrogens with one attached hydrogen (secondary N) is 2. The Labute approximate surface area is 168 Å². The van der Waals surface area contributed by atoms with E-state index >= 15 is 0 Å². The maximum absolute atomic E-state index is 5.80. The molecule has 0 atom stereocenters. The second-order valence-corrected chi connectivity index (χ2v) is 6.80. The molecular formula is C21H34N6O. The monoisotopic (exact) mass is 386 g/mol. The Kier molecular flexibility index (Phi) is 9.31. The van der Waals surface area contributed by atoms with Crippen LogP contribution in [0.4, 0.5) is 0 Å². The number of guanidine groups is 1. The molecule has 0 aromatic carbocycles. The summed E-state index contributed by atoms with van der Waals surface area (Å²) in [5.74, 6) is 1.49. The van der Waals surface area contributed by atoms with Gasteiger partial charge in [-0.25, -0.2) is 9.98 Å². The lowest BCUT2D eigenvalue weighted by Gasteiger charge is -2.13. The van der Waals surface area contributed by atoms with Crippen molar-refractivity contribution in [3.63, 3.8) is 0 Å². The lowest BCUT2D eigenvalue weighted by molar-refractivity contribution is 0.294. The van der Waals surface area contributed by atoms with E-state index < -0.39 is 0 Å². The van der Waals surface area contributed by atoms with Gasteiger partial charge in [0.1, 0.15) is 0 Å². The molecule has 0 aliphatic heterocycles. The van der Waals surface area contributed by atoms with Crippen LogP contribution in [0.25, 0.3) is 0 Å². The highest BCUT2D eigenvalue weighted by atomic mass is 16.5. The van der Waals surface area contributed by atoms with Crippen LogP contribution in [0.1, 0.15) is 50.1 Å². The number of rotatable bonds is 11. The van der Waals surface area contributed by atoms with Gasteiger partial charge in [0, 0.05) is 37.1 Å². The van der Waals surface area contributed by atoms with E-state index in [9.17, 15) is 0 Å². The molecule has 0 bridgehead atoms. The topological polar surface area (TPSA) is 76.4 Å². The fourth-order valence-corrected chi connectivity index (χ4v) is 2.83. The molecule has 0 amide bonds. The molecule has 7 heteroatoms. The minimum atomic E-state index is 0.530. The van der Waals surface area contributed by atoms with E-state index in [2.05, 4.69) is 52.2 Å². The first-order valence-electron chi connectivity index (χ1n) is 10.2. The number of nitrogens with zero attached hydrogens (tertiary/aromatic N) is 4. The van der Waals surface area contributed by atoms with Crippen molar-refractivity contribution in [1.29, 1.82) is 0 Å². The number of unbranched alkanes of at least 4 members (excludes halogenated alkanes) is 1. The summed E-state index contributed by atoms with van der Waals surface area (Å²) in [6.07, 6.45) is 4.87. The highest BCUT2D eigenvalue weighted by Crippen LogP contribution is 2.15. The van der Waals surface area contributed by atoms with Crippen molar-refractivity contribution < 1.29 is 4.74 Å². The molecule has 0 spiro atoms. The molecule has 2 N–H and O–H groups in total. The molecule has 0 fully saturated rings. The van der Waals surface area contributed by atoms with E-state index in [1.165, 1.54) is 5.69 Å². The van der Waals surface area contributed by atoms with E-state index in [4.69, 9.17) is 9.73 Å². The van der Waals surface area contributed by atoms with Crippen molar-refractivity contribution in [3.05, 3.63) is 41.3 Å². The molecule has 28 heavy (non-hydrogen) atoms. The van der Waals surface area contributed by atoms with Gasteiger partial charge in [-0.15, -0.1) is 0 Å². The number of hydrogen-bond donors (Lipinski definition) is 2. The van der Waals surface area contributed by atoms with E-state index in [1.54, 1.807) is 6.20 Å². The lowest BCUT2D eigenvalue weighted by atomic mass is 10.2. The zero-order chi connectivity index (χ0) is 20.2. The number of aryl methyl sites for hydroxylation is 3. The van der Waals surface area contributed by atoms with Gasteiger partial charge in [-0.1, -0.05) is 19.4 Å². The van der Waals surface area contributed by atoms with Crippen LogP contribution < -0.4 is 15.4 Å². The maximum Gasteiger partial charge on any atom is 0.218 e. The molecule has 0 saturated carbocycles. The van der Waals surface area contributed by atoms with Crippen LogP contribution in [-0.2, 0) is 13.1 Å². The zero-order valence-electron chi connectivity index (χ0n) is 17.7. The van der Waals surface area contributed by atoms with Gasteiger partial charge >= 0.3 is 0 Å². The molecular weight excluding hydrogens is 352 g/mol. The van der Waals surface area contributed by atoms with E-state index in [0.717, 1.165) is 56.1 Å². The van der Waals surface area contributed by atoms with E-state index in [1.807, 2.05) is 19.1 Å². The van der Waals surface area contributed by atoms with Gasteiger partial charge in [0.15, 0.2) is 5.96 Å². The molecule has 7 nitrogen and oxygen atoms in total. The summed E-state index contributed by atoms with van der Waals surface area (Å²) in [5.41, 5.74) is 3.26. The SMILES string of the molecule is CCCCOc1ncccc1CN=C(NCC)NCCCn1nc(C)cc1C. The quantitative estimate of drug-likeness (QED) is 0.352. The van der Waals surface area contributed by atoms with Crippen LogP contribution in [-0.4, -0.2) is 40.4 Å². The van der Waals surface area contributed by atoms with Gasteiger partial charge in [-0.3, -0.25) is 4.68 Å². The minimum absolute atomic E-state index is 0.530. The van der Waals surface area contributed by atoms with Crippen molar-refractivity contribution in [3.8, 4) is 5.88 Å². The third kappa shape index (κ3) is 7.21. The Morgan fingerprint density at radius 3 is 2.79 bits per heavy atom. The summed E-state index contributed by atoms with van der Waals surface area (Å²) in [6.45, 7) is 12.1. The first-order valence-corrected chi connectivity index (χ1v) is 10.2. The normalized spacial score (nSPS) is 11.5. The van der Waals surface area contributed by atoms with Gasteiger partial charge in [0.2, 0.25) is 5.88 Å². The number of aromatic nitrogens is 3.